The van der Waals surface area contributed by atoms with Crippen LogP contribution in [0.1, 0.15) is 26.2 Å². The molecule has 2 aliphatic rings. The third kappa shape index (κ3) is 2.03. The van der Waals surface area contributed by atoms with Crippen LogP contribution in [0.15, 0.2) is 24.3 Å². The van der Waals surface area contributed by atoms with Crippen molar-refractivity contribution < 1.29 is 9.18 Å². The van der Waals surface area contributed by atoms with Crippen molar-refractivity contribution in [2.24, 2.45) is 23.5 Å². The molecule has 3 rings (SSSR count). The van der Waals surface area contributed by atoms with Crippen molar-refractivity contribution in [3.05, 3.63) is 30.1 Å². The SMILES string of the molecule is CCN(C(=O)C1C2CCC(C2)C1N)c1ccccc1F. The summed E-state index contributed by atoms with van der Waals surface area (Å²) in [6.45, 7) is 2.35. The minimum absolute atomic E-state index is 0.00250. The number of nitrogens with two attached hydrogens (primary N) is 1. The average Bonchev–Trinajstić information content (AvgIpc) is 3.02. The van der Waals surface area contributed by atoms with Crippen molar-refractivity contribution in [2.45, 2.75) is 32.2 Å². The topological polar surface area (TPSA) is 46.3 Å². The van der Waals surface area contributed by atoms with Crippen LogP contribution in [0.3, 0.4) is 0 Å². The van der Waals surface area contributed by atoms with E-state index in [-0.39, 0.29) is 23.7 Å². The fourth-order valence-electron chi connectivity index (χ4n) is 4.00. The van der Waals surface area contributed by atoms with E-state index in [2.05, 4.69) is 0 Å². The second kappa shape index (κ2) is 5.17. The lowest BCUT2D eigenvalue weighted by molar-refractivity contribution is -0.124. The number of amides is 1. The van der Waals surface area contributed by atoms with Gasteiger partial charge in [-0.15, -0.1) is 0 Å². The molecule has 4 atom stereocenters. The molecule has 2 aliphatic carbocycles. The quantitative estimate of drug-likeness (QED) is 0.922. The summed E-state index contributed by atoms with van der Waals surface area (Å²) in [5, 5.41) is 0. The largest absolute Gasteiger partial charge is 0.327 e. The Labute approximate surface area is 118 Å². The van der Waals surface area contributed by atoms with Gasteiger partial charge >= 0.3 is 0 Å². The van der Waals surface area contributed by atoms with Crippen LogP contribution < -0.4 is 10.6 Å². The molecule has 20 heavy (non-hydrogen) atoms. The van der Waals surface area contributed by atoms with Crippen LogP contribution in [0.5, 0.6) is 0 Å². The number of carbonyl (C=O) groups is 1. The highest BCUT2D eigenvalue weighted by atomic mass is 19.1. The molecular formula is C16H21FN2O. The van der Waals surface area contributed by atoms with Gasteiger partial charge in [-0.2, -0.15) is 0 Å². The van der Waals surface area contributed by atoms with Crippen molar-refractivity contribution in [2.75, 3.05) is 11.4 Å². The van der Waals surface area contributed by atoms with Gasteiger partial charge in [-0.25, -0.2) is 4.39 Å². The number of fused-ring (bicyclic) bond motifs is 2. The van der Waals surface area contributed by atoms with E-state index in [1.807, 2.05) is 6.92 Å². The van der Waals surface area contributed by atoms with E-state index < -0.39 is 0 Å². The molecule has 0 aromatic heterocycles. The van der Waals surface area contributed by atoms with Crippen molar-refractivity contribution >= 4 is 11.6 Å². The Morgan fingerprint density at radius 2 is 2.05 bits per heavy atom. The molecule has 0 saturated heterocycles. The lowest BCUT2D eigenvalue weighted by Crippen LogP contribution is -2.47. The van der Waals surface area contributed by atoms with Gasteiger partial charge in [0.1, 0.15) is 5.82 Å². The molecular weight excluding hydrogens is 255 g/mol. The first-order chi connectivity index (χ1) is 9.63. The van der Waals surface area contributed by atoms with E-state index in [0.717, 1.165) is 19.3 Å². The minimum Gasteiger partial charge on any atom is -0.327 e. The van der Waals surface area contributed by atoms with Gasteiger partial charge in [0, 0.05) is 12.6 Å². The molecule has 0 aliphatic heterocycles. The Kier molecular flexibility index (Phi) is 3.50. The number of para-hydroxylation sites is 1. The monoisotopic (exact) mass is 276 g/mol. The molecule has 0 radical (unpaired) electrons. The number of rotatable bonds is 3. The maximum Gasteiger partial charge on any atom is 0.232 e. The molecule has 0 spiro atoms. The zero-order chi connectivity index (χ0) is 14.3. The Morgan fingerprint density at radius 3 is 2.65 bits per heavy atom. The summed E-state index contributed by atoms with van der Waals surface area (Å²) in [6, 6.07) is 6.40. The highest BCUT2D eigenvalue weighted by Crippen LogP contribution is 2.48. The molecule has 2 saturated carbocycles. The zero-order valence-corrected chi connectivity index (χ0v) is 11.8. The van der Waals surface area contributed by atoms with Crippen LogP contribution in [-0.4, -0.2) is 18.5 Å². The van der Waals surface area contributed by atoms with Gasteiger partial charge in [-0.05, 0) is 50.2 Å². The highest BCUT2D eigenvalue weighted by Gasteiger charge is 2.50. The second-order valence-corrected chi connectivity index (χ2v) is 5.97. The summed E-state index contributed by atoms with van der Waals surface area (Å²) >= 11 is 0. The molecule has 4 heteroatoms. The first-order valence-corrected chi connectivity index (χ1v) is 7.45. The maximum absolute atomic E-state index is 13.9. The molecule has 4 unspecified atom stereocenters. The third-order valence-electron chi connectivity index (χ3n) is 4.99. The van der Waals surface area contributed by atoms with Gasteiger partial charge in [-0.1, -0.05) is 12.1 Å². The summed E-state index contributed by atoms with van der Waals surface area (Å²) in [5.74, 6) is 0.390. The normalized spacial score (nSPS) is 31.6. The van der Waals surface area contributed by atoms with Crippen LogP contribution in [0.25, 0.3) is 0 Å². The number of benzene rings is 1. The van der Waals surface area contributed by atoms with Crippen molar-refractivity contribution in [1.82, 2.24) is 0 Å². The minimum atomic E-state index is -0.348. The first-order valence-electron chi connectivity index (χ1n) is 7.45. The zero-order valence-electron chi connectivity index (χ0n) is 11.8. The van der Waals surface area contributed by atoms with E-state index in [0.29, 0.717) is 24.1 Å². The van der Waals surface area contributed by atoms with Gasteiger partial charge < -0.3 is 10.6 Å². The fraction of sp³-hybridized carbons (Fsp3) is 0.562. The number of nitrogens with zero attached hydrogens (tertiary/aromatic N) is 1. The average molecular weight is 276 g/mol. The third-order valence-corrected chi connectivity index (χ3v) is 4.99. The van der Waals surface area contributed by atoms with Gasteiger partial charge in [0.25, 0.3) is 0 Å². The van der Waals surface area contributed by atoms with E-state index in [1.165, 1.54) is 6.07 Å². The molecule has 2 N–H and O–H groups in total. The van der Waals surface area contributed by atoms with E-state index >= 15 is 0 Å². The molecule has 1 amide bonds. The Bertz CT molecular complexity index is 517. The van der Waals surface area contributed by atoms with Crippen LogP contribution in [0, 0.1) is 23.6 Å². The lowest BCUT2D eigenvalue weighted by Gasteiger charge is -2.32. The smallest absolute Gasteiger partial charge is 0.232 e. The summed E-state index contributed by atoms with van der Waals surface area (Å²) < 4.78 is 13.9. The van der Waals surface area contributed by atoms with Crippen LogP contribution >= 0.6 is 0 Å². The lowest BCUT2D eigenvalue weighted by atomic mass is 9.84. The molecule has 108 valence electrons. The van der Waals surface area contributed by atoms with Gasteiger partial charge in [-0.3, -0.25) is 4.79 Å². The van der Waals surface area contributed by atoms with Crippen molar-refractivity contribution in [1.29, 1.82) is 0 Å². The first kappa shape index (κ1) is 13.6. The summed E-state index contributed by atoms with van der Waals surface area (Å²) in [4.78, 5) is 14.4. The fourth-order valence-corrected chi connectivity index (χ4v) is 4.00. The Hall–Kier alpha value is -1.42. The van der Waals surface area contributed by atoms with E-state index in [9.17, 15) is 9.18 Å². The summed E-state index contributed by atoms with van der Waals surface area (Å²) in [5.41, 5.74) is 6.60. The molecule has 3 nitrogen and oxygen atoms in total. The molecule has 2 fully saturated rings. The number of hydrogen-bond acceptors (Lipinski definition) is 2. The molecule has 0 heterocycles. The predicted molar refractivity (Wildman–Crippen MR) is 76.7 cm³/mol. The highest BCUT2D eigenvalue weighted by molar-refractivity contribution is 5.96. The standard InChI is InChI=1S/C16H21FN2O/c1-2-19(13-6-4-3-5-12(13)17)16(20)14-10-7-8-11(9-10)15(14)18/h3-6,10-11,14-15H,2,7-9,18H2,1H3. The number of carbonyl (C=O) groups excluding carboxylic acids is 1. The summed E-state index contributed by atoms with van der Waals surface area (Å²) in [7, 11) is 0. The van der Waals surface area contributed by atoms with Crippen LogP contribution in [0.4, 0.5) is 10.1 Å². The molecule has 1 aromatic carbocycles. The van der Waals surface area contributed by atoms with E-state index in [1.54, 1.807) is 23.1 Å². The summed E-state index contributed by atoms with van der Waals surface area (Å²) in [6.07, 6.45) is 3.29. The predicted octanol–water partition coefficient (Wildman–Crippen LogP) is 2.55. The molecule has 1 aromatic rings. The van der Waals surface area contributed by atoms with Gasteiger partial charge in [0.05, 0.1) is 11.6 Å². The van der Waals surface area contributed by atoms with Crippen LogP contribution in [-0.2, 0) is 4.79 Å². The van der Waals surface area contributed by atoms with Gasteiger partial charge in [0.15, 0.2) is 0 Å². The number of hydrogen-bond donors (Lipinski definition) is 1. The maximum atomic E-state index is 13.9. The Morgan fingerprint density at radius 1 is 1.35 bits per heavy atom. The van der Waals surface area contributed by atoms with Gasteiger partial charge in [0.2, 0.25) is 5.91 Å². The van der Waals surface area contributed by atoms with E-state index in [4.69, 9.17) is 5.73 Å². The molecule has 2 bridgehead atoms. The van der Waals surface area contributed by atoms with Crippen molar-refractivity contribution in [3.63, 3.8) is 0 Å². The number of halogens is 1. The number of anilines is 1. The van der Waals surface area contributed by atoms with Crippen LogP contribution in [0.2, 0.25) is 0 Å². The second-order valence-electron chi connectivity index (χ2n) is 5.97. The van der Waals surface area contributed by atoms with Crippen molar-refractivity contribution in [3.8, 4) is 0 Å². The Balaban J connectivity index is 1.87.